The number of aromatic nitrogens is 1. The quantitative estimate of drug-likeness (QED) is 0.939. The number of likely N-dealkylation sites (tertiary alicyclic amines) is 1. The van der Waals surface area contributed by atoms with Crippen LogP contribution in [0.1, 0.15) is 25.3 Å². The summed E-state index contributed by atoms with van der Waals surface area (Å²) >= 11 is 0. The van der Waals surface area contributed by atoms with E-state index < -0.39 is 0 Å². The van der Waals surface area contributed by atoms with Crippen molar-refractivity contribution in [2.24, 2.45) is 0 Å². The zero-order valence-corrected chi connectivity index (χ0v) is 12.5. The number of hydrogen-bond donors (Lipinski definition) is 1. The van der Waals surface area contributed by atoms with Gasteiger partial charge in [-0.2, -0.15) is 0 Å². The highest BCUT2D eigenvalue weighted by atomic mass is 16.5. The fourth-order valence-electron chi connectivity index (χ4n) is 3.08. The van der Waals surface area contributed by atoms with Crippen molar-refractivity contribution in [2.45, 2.75) is 32.4 Å². The van der Waals surface area contributed by atoms with Crippen LogP contribution >= 0.6 is 0 Å². The van der Waals surface area contributed by atoms with Crippen LogP contribution < -0.4 is 5.56 Å². The summed E-state index contributed by atoms with van der Waals surface area (Å²) in [7, 11) is 0. The largest absolute Gasteiger partial charge is 0.377 e. The zero-order valence-electron chi connectivity index (χ0n) is 12.5. The van der Waals surface area contributed by atoms with Crippen LogP contribution in [0.15, 0.2) is 35.1 Å². The smallest absolute Gasteiger partial charge is 0.252 e. The Hall–Kier alpha value is -1.65. The normalized spacial score (nSPS) is 20.0. The summed E-state index contributed by atoms with van der Waals surface area (Å²) in [5, 5.41) is 1.09. The van der Waals surface area contributed by atoms with E-state index in [4.69, 9.17) is 4.74 Å². The molecule has 1 aromatic heterocycles. The number of nitrogens with one attached hydrogen (secondary N) is 1. The molecule has 21 heavy (non-hydrogen) atoms. The van der Waals surface area contributed by atoms with E-state index in [1.165, 1.54) is 0 Å². The van der Waals surface area contributed by atoms with Crippen molar-refractivity contribution in [3.63, 3.8) is 0 Å². The van der Waals surface area contributed by atoms with Crippen LogP contribution in [0.3, 0.4) is 0 Å². The van der Waals surface area contributed by atoms with Crippen molar-refractivity contribution in [3.05, 3.63) is 46.2 Å². The minimum atomic E-state index is 0.0206. The van der Waals surface area contributed by atoms with E-state index in [1.807, 2.05) is 37.3 Å². The van der Waals surface area contributed by atoms with Crippen LogP contribution in [0.2, 0.25) is 0 Å². The summed E-state index contributed by atoms with van der Waals surface area (Å²) in [5.41, 5.74) is 1.76. The average Bonchev–Trinajstić information content (AvgIpc) is 2.49. The number of para-hydroxylation sites is 1. The van der Waals surface area contributed by atoms with Gasteiger partial charge in [0.2, 0.25) is 0 Å². The molecule has 2 heterocycles. The number of aromatic amines is 1. The monoisotopic (exact) mass is 286 g/mol. The van der Waals surface area contributed by atoms with E-state index in [9.17, 15) is 4.79 Å². The molecule has 2 aromatic rings. The first kappa shape index (κ1) is 14.3. The van der Waals surface area contributed by atoms with Crippen LogP contribution in [0.25, 0.3) is 10.9 Å². The lowest BCUT2D eigenvalue weighted by Crippen LogP contribution is -2.40. The second kappa shape index (κ2) is 6.41. The van der Waals surface area contributed by atoms with Crippen LogP contribution in [0.5, 0.6) is 0 Å². The van der Waals surface area contributed by atoms with Gasteiger partial charge in [-0.1, -0.05) is 18.2 Å². The molecular formula is C17H22N2O2. The average molecular weight is 286 g/mol. The summed E-state index contributed by atoms with van der Waals surface area (Å²) in [6.45, 7) is 5.45. The van der Waals surface area contributed by atoms with Gasteiger partial charge in [0.1, 0.15) is 0 Å². The highest BCUT2D eigenvalue weighted by Crippen LogP contribution is 2.16. The number of rotatable bonds is 4. The van der Waals surface area contributed by atoms with Crippen LogP contribution in [0, 0.1) is 0 Å². The zero-order chi connectivity index (χ0) is 14.7. The molecule has 1 atom stereocenters. The highest BCUT2D eigenvalue weighted by Gasteiger charge is 2.20. The van der Waals surface area contributed by atoms with Gasteiger partial charge in [-0.25, -0.2) is 0 Å². The fourth-order valence-corrected chi connectivity index (χ4v) is 3.08. The van der Waals surface area contributed by atoms with Crippen molar-refractivity contribution in [2.75, 3.05) is 19.7 Å². The van der Waals surface area contributed by atoms with Gasteiger partial charge in [0, 0.05) is 30.8 Å². The topological polar surface area (TPSA) is 45.3 Å². The Morgan fingerprint density at radius 1 is 1.38 bits per heavy atom. The Morgan fingerprint density at radius 2 is 2.24 bits per heavy atom. The number of benzene rings is 1. The molecule has 112 valence electrons. The molecule has 1 unspecified atom stereocenters. The van der Waals surface area contributed by atoms with E-state index in [1.54, 1.807) is 0 Å². The summed E-state index contributed by atoms with van der Waals surface area (Å²) in [5.74, 6) is 0. The molecular weight excluding hydrogens is 264 g/mol. The molecule has 1 saturated heterocycles. The predicted molar refractivity (Wildman–Crippen MR) is 84.5 cm³/mol. The number of pyridine rings is 1. The molecule has 1 aliphatic rings. The van der Waals surface area contributed by atoms with Gasteiger partial charge < -0.3 is 9.72 Å². The molecule has 1 fully saturated rings. The van der Waals surface area contributed by atoms with E-state index >= 15 is 0 Å². The molecule has 0 spiro atoms. The van der Waals surface area contributed by atoms with Gasteiger partial charge in [0.15, 0.2) is 0 Å². The van der Waals surface area contributed by atoms with Crippen molar-refractivity contribution in [3.8, 4) is 0 Å². The van der Waals surface area contributed by atoms with Crippen LogP contribution in [0.4, 0.5) is 0 Å². The van der Waals surface area contributed by atoms with Gasteiger partial charge in [-0.15, -0.1) is 0 Å². The minimum Gasteiger partial charge on any atom is -0.377 e. The number of nitrogens with zero attached hydrogens (tertiary/aromatic N) is 1. The molecule has 0 amide bonds. The highest BCUT2D eigenvalue weighted by molar-refractivity contribution is 5.78. The second-order valence-electron chi connectivity index (χ2n) is 5.67. The van der Waals surface area contributed by atoms with E-state index in [0.717, 1.165) is 49.0 Å². The molecule has 0 saturated carbocycles. The van der Waals surface area contributed by atoms with Gasteiger partial charge in [-0.3, -0.25) is 9.69 Å². The van der Waals surface area contributed by atoms with E-state index in [2.05, 4.69) is 9.88 Å². The van der Waals surface area contributed by atoms with E-state index in [-0.39, 0.29) is 5.56 Å². The maximum absolute atomic E-state index is 12.2. The molecule has 0 radical (unpaired) electrons. The molecule has 1 aromatic carbocycles. The minimum absolute atomic E-state index is 0.0206. The number of hydrogen-bond acceptors (Lipinski definition) is 3. The molecule has 0 bridgehead atoms. The Kier molecular flexibility index (Phi) is 4.36. The molecule has 4 heteroatoms. The van der Waals surface area contributed by atoms with E-state index in [0.29, 0.717) is 12.6 Å². The lowest BCUT2D eigenvalue weighted by molar-refractivity contribution is 0.00354. The summed E-state index contributed by atoms with van der Waals surface area (Å²) < 4.78 is 5.72. The summed E-state index contributed by atoms with van der Waals surface area (Å²) in [4.78, 5) is 17.5. The number of ether oxygens (including phenoxy) is 1. The SMILES string of the molecule is CCOC1CCCN(Cc2cc3ccccc3[nH]c2=O)C1. The third kappa shape index (κ3) is 3.34. The van der Waals surface area contributed by atoms with Gasteiger partial charge >= 0.3 is 0 Å². The Labute approximate surface area is 124 Å². The van der Waals surface area contributed by atoms with Gasteiger partial charge in [0.05, 0.1) is 6.10 Å². The van der Waals surface area contributed by atoms with Gasteiger partial charge in [-0.05, 0) is 43.8 Å². The lowest BCUT2D eigenvalue weighted by Gasteiger charge is -2.32. The summed E-state index contributed by atoms with van der Waals surface area (Å²) in [6.07, 6.45) is 2.57. The summed E-state index contributed by atoms with van der Waals surface area (Å²) in [6, 6.07) is 9.92. The Morgan fingerprint density at radius 3 is 3.10 bits per heavy atom. The fraction of sp³-hybridized carbons (Fsp3) is 0.471. The van der Waals surface area contributed by atoms with Crippen molar-refractivity contribution < 1.29 is 4.74 Å². The Balaban J connectivity index is 1.78. The first-order valence-corrected chi connectivity index (χ1v) is 7.71. The first-order chi connectivity index (χ1) is 10.3. The second-order valence-corrected chi connectivity index (χ2v) is 5.67. The number of fused-ring (bicyclic) bond motifs is 1. The molecule has 0 aliphatic carbocycles. The molecule has 1 N–H and O–H groups in total. The first-order valence-electron chi connectivity index (χ1n) is 7.71. The van der Waals surface area contributed by atoms with Crippen LogP contribution in [-0.2, 0) is 11.3 Å². The van der Waals surface area contributed by atoms with Crippen molar-refractivity contribution in [1.82, 2.24) is 9.88 Å². The predicted octanol–water partition coefficient (Wildman–Crippen LogP) is 2.53. The maximum Gasteiger partial charge on any atom is 0.252 e. The van der Waals surface area contributed by atoms with Crippen LogP contribution in [-0.4, -0.2) is 35.7 Å². The van der Waals surface area contributed by atoms with Crippen molar-refractivity contribution in [1.29, 1.82) is 0 Å². The lowest BCUT2D eigenvalue weighted by atomic mass is 10.1. The molecule has 4 nitrogen and oxygen atoms in total. The van der Waals surface area contributed by atoms with Gasteiger partial charge in [0.25, 0.3) is 5.56 Å². The molecule has 1 aliphatic heterocycles. The maximum atomic E-state index is 12.2. The Bertz CT molecular complexity index is 663. The molecule has 3 rings (SSSR count). The number of H-pyrrole nitrogens is 1. The van der Waals surface area contributed by atoms with Crippen molar-refractivity contribution >= 4 is 10.9 Å². The number of piperidine rings is 1. The third-order valence-electron chi connectivity index (χ3n) is 4.09. The third-order valence-corrected chi connectivity index (χ3v) is 4.09. The standard InChI is InChI=1S/C17H22N2O2/c1-2-21-15-7-5-9-19(12-15)11-14-10-13-6-3-4-8-16(13)18-17(14)20/h3-4,6,8,10,15H,2,5,7,9,11-12H2,1H3,(H,18,20).